The van der Waals surface area contributed by atoms with E-state index in [0.29, 0.717) is 5.75 Å². The van der Waals surface area contributed by atoms with Crippen LogP contribution in [0.25, 0.3) is 12.2 Å². The van der Waals surface area contributed by atoms with Crippen molar-refractivity contribution in [3.05, 3.63) is 59.7 Å². The molecule has 2 aromatic rings. The Labute approximate surface area is 118 Å². The third-order valence-electron chi connectivity index (χ3n) is 2.73. The fourth-order valence-electron chi connectivity index (χ4n) is 1.72. The lowest BCUT2D eigenvalue weighted by atomic mass is 10.1. The highest BCUT2D eigenvalue weighted by atomic mass is 16.5. The third-order valence-corrected chi connectivity index (χ3v) is 2.73. The quantitative estimate of drug-likeness (QED) is 0.481. The van der Waals surface area contributed by atoms with Gasteiger partial charge in [-0.2, -0.15) is 0 Å². The Bertz CT molecular complexity index is 595. The van der Waals surface area contributed by atoms with Gasteiger partial charge in [0.1, 0.15) is 11.5 Å². The lowest BCUT2D eigenvalue weighted by molar-refractivity contribution is -0.131. The highest BCUT2D eigenvalue weighted by Crippen LogP contribution is 2.16. The Morgan fingerprint density at radius 2 is 1.30 bits per heavy atom. The SMILES string of the molecule is COc1ccc(/C=C\c2ccc(OC(C)=O)cc2)cc1. The van der Waals surface area contributed by atoms with E-state index in [1.807, 2.05) is 48.6 Å². The minimum Gasteiger partial charge on any atom is -0.497 e. The topological polar surface area (TPSA) is 35.5 Å². The zero-order valence-corrected chi connectivity index (χ0v) is 11.5. The van der Waals surface area contributed by atoms with Gasteiger partial charge in [-0.1, -0.05) is 36.4 Å². The van der Waals surface area contributed by atoms with Gasteiger partial charge in [0.25, 0.3) is 0 Å². The highest BCUT2D eigenvalue weighted by Gasteiger charge is 1.96. The van der Waals surface area contributed by atoms with Gasteiger partial charge >= 0.3 is 5.97 Å². The molecule has 0 spiro atoms. The number of ether oxygens (including phenoxy) is 2. The van der Waals surface area contributed by atoms with Gasteiger partial charge in [0, 0.05) is 6.92 Å². The molecule has 0 saturated heterocycles. The molecule has 102 valence electrons. The minimum atomic E-state index is -0.313. The average molecular weight is 268 g/mol. The lowest BCUT2D eigenvalue weighted by Crippen LogP contribution is -2.00. The summed E-state index contributed by atoms with van der Waals surface area (Å²) in [4.78, 5) is 10.8. The summed E-state index contributed by atoms with van der Waals surface area (Å²) < 4.78 is 10.1. The highest BCUT2D eigenvalue weighted by molar-refractivity contribution is 5.71. The maximum absolute atomic E-state index is 10.8. The first kappa shape index (κ1) is 13.9. The summed E-state index contributed by atoms with van der Waals surface area (Å²) >= 11 is 0. The van der Waals surface area contributed by atoms with Gasteiger partial charge in [-0.3, -0.25) is 4.79 Å². The molecular weight excluding hydrogens is 252 g/mol. The number of carbonyl (C=O) groups excluding carboxylic acids is 1. The summed E-state index contributed by atoms with van der Waals surface area (Å²) in [5.41, 5.74) is 2.13. The summed E-state index contributed by atoms with van der Waals surface area (Å²) in [5, 5.41) is 0. The van der Waals surface area contributed by atoms with E-state index in [0.717, 1.165) is 16.9 Å². The van der Waals surface area contributed by atoms with E-state index in [1.54, 1.807) is 19.2 Å². The zero-order chi connectivity index (χ0) is 14.4. The van der Waals surface area contributed by atoms with Crippen LogP contribution in [-0.2, 0) is 4.79 Å². The van der Waals surface area contributed by atoms with E-state index < -0.39 is 0 Å². The molecule has 0 saturated carbocycles. The Hall–Kier alpha value is -2.55. The summed E-state index contributed by atoms with van der Waals surface area (Å²) in [6.07, 6.45) is 4.01. The number of rotatable bonds is 4. The Balaban J connectivity index is 2.04. The zero-order valence-electron chi connectivity index (χ0n) is 11.5. The first-order valence-electron chi connectivity index (χ1n) is 6.28. The molecule has 20 heavy (non-hydrogen) atoms. The molecule has 0 bridgehead atoms. The second-order valence-electron chi connectivity index (χ2n) is 4.27. The normalized spacial score (nSPS) is 10.5. The number of carbonyl (C=O) groups is 1. The maximum Gasteiger partial charge on any atom is 0.308 e. The number of methoxy groups -OCH3 is 1. The van der Waals surface area contributed by atoms with E-state index in [-0.39, 0.29) is 5.97 Å². The molecule has 0 heterocycles. The van der Waals surface area contributed by atoms with Crippen LogP contribution in [0.4, 0.5) is 0 Å². The van der Waals surface area contributed by atoms with Crippen molar-refractivity contribution >= 4 is 18.1 Å². The van der Waals surface area contributed by atoms with Crippen LogP contribution in [-0.4, -0.2) is 13.1 Å². The molecule has 0 amide bonds. The van der Waals surface area contributed by atoms with Crippen LogP contribution >= 0.6 is 0 Å². The summed E-state index contributed by atoms with van der Waals surface area (Å²) in [5.74, 6) is 1.08. The number of hydrogen-bond donors (Lipinski definition) is 0. The van der Waals surface area contributed by atoms with Crippen molar-refractivity contribution in [3.8, 4) is 11.5 Å². The van der Waals surface area contributed by atoms with E-state index in [2.05, 4.69) is 0 Å². The lowest BCUT2D eigenvalue weighted by Gasteiger charge is -2.01. The molecule has 0 unspecified atom stereocenters. The van der Waals surface area contributed by atoms with Crippen molar-refractivity contribution in [2.24, 2.45) is 0 Å². The average Bonchev–Trinajstić information content (AvgIpc) is 2.46. The molecule has 0 aromatic heterocycles. The predicted molar refractivity (Wildman–Crippen MR) is 79.7 cm³/mol. The third kappa shape index (κ3) is 3.99. The van der Waals surface area contributed by atoms with Crippen LogP contribution in [0.5, 0.6) is 11.5 Å². The van der Waals surface area contributed by atoms with E-state index in [9.17, 15) is 4.79 Å². The van der Waals surface area contributed by atoms with E-state index in [1.165, 1.54) is 6.92 Å². The molecule has 3 nitrogen and oxygen atoms in total. The summed E-state index contributed by atoms with van der Waals surface area (Å²) in [6, 6.07) is 15.2. The van der Waals surface area contributed by atoms with Crippen LogP contribution in [0.2, 0.25) is 0 Å². The summed E-state index contributed by atoms with van der Waals surface area (Å²) in [6.45, 7) is 1.39. The summed E-state index contributed by atoms with van der Waals surface area (Å²) in [7, 11) is 1.65. The fraction of sp³-hybridized carbons (Fsp3) is 0.118. The van der Waals surface area contributed by atoms with E-state index >= 15 is 0 Å². The van der Waals surface area contributed by atoms with Gasteiger partial charge in [0.2, 0.25) is 0 Å². The second-order valence-corrected chi connectivity index (χ2v) is 4.27. The van der Waals surface area contributed by atoms with Gasteiger partial charge in [-0.05, 0) is 35.4 Å². The van der Waals surface area contributed by atoms with Gasteiger partial charge in [0.15, 0.2) is 0 Å². The Morgan fingerprint density at radius 3 is 1.70 bits per heavy atom. The first-order chi connectivity index (χ1) is 9.67. The number of hydrogen-bond acceptors (Lipinski definition) is 3. The molecule has 0 aliphatic heterocycles. The minimum absolute atomic E-state index is 0.313. The smallest absolute Gasteiger partial charge is 0.308 e. The van der Waals surface area contributed by atoms with Crippen molar-refractivity contribution in [3.63, 3.8) is 0 Å². The van der Waals surface area contributed by atoms with Gasteiger partial charge in [-0.25, -0.2) is 0 Å². The van der Waals surface area contributed by atoms with Crippen molar-refractivity contribution in [1.82, 2.24) is 0 Å². The first-order valence-corrected chi connectivity index (χ1v) is 6.28. The van der Waals surface area contributed by atoms with Crippen LogP contribution in [0.3, 0.4) is 0 Å². The molecule has 2 aromatic carbocycles. The Kier molecular flexibility index (Phi) is 4.56. The predicted octanol–water partition coefficient (Wildman–Crippen LogP) is 3.79. The largest absolute Gasteiger partial charge is 0.497 e. The molecule has 0 aliphatic rings. The van der Waals surface area contributed by atoms with Crippen LogP contribution in [0, 0.1) is 0 Å². The monoisotopic (exact) mass is 268 g/mol. The van der Waals surface area contributed by atoms with E-state index in [4.69, 9.17) is 9.47 Å². The van der Waals surface area contributed by atoms with Crippen LogP contribution in [0.15, 0.2) is 48.5 Å². The van der Waals surface area contributed by atoms with Crippen molar-refractivity contribution in [2.45, 2.75) is 6.92 Å². The molecule has 0 fully saturated rings. The maximum atomic E-state index is 10.8. The molecule has 0 N–H and O–H groups in total. The van der Waals surface area contributed by atoms with Gasteiger partial charge < -0.3 is 9.47 Å². The molecule has 2 rings (SSSR count). The molecule has 0 atom stereocenters. The van der Waals surface area contributed by atoms with Crippen LogP contribution < -0.4 is 9.47 Å². The van der Waals surface area contributed by atoms with Crippen molar-refractivity contribution < 1.29 is 14.3 Å². The molecule has 0 aliphatic carbocycles. The van der Waals surface area contributed by atoms with Crippen LogP contribution in [0.1, 0.15) is 18.1 Å². The molecular formula is C17H16O3. The molecule has 3 heteroatoms. The standard InChI is InChI=1S/C17H16O3/c1-13(18)20-17-11-7-15(8-12-17)4-3-14-5-9-16(19-2)10-6-14/h3-12H,1-2H3/b4-3-. The van der Waals surface area contributed by atoms with Gasteiger partial charge in [-0.15, -0.1) is 0 Å². The number of esters is 1. The number of benzene rings is 2. The molecule has 0 radical (unpaired) electrons. The van der Waals surface area contributed by atoms with Gasteiger partial charge in [0.05, 0.1) is 7.11 Å². The fourth-order valence-corrected chi connectivity index (χ4v) is 1.72. The Morgan fingerprint density at radius 1 is 0.850 bits per heavy atom. The van der Waals surface area contributed by atoms with Crippen molar-refractivity contribution in [2.75, 3.05) is 7.11 Å². The second kappa shape index (κ2) is 6.57. The van der Waals surface area contributed by atoms with Crippen molar-refractivity contribution in [1.29, 1.82) is 0 Å².